The molecule has 2 aromatic rings. The maximum Gasteiger partial charge on any atom is 0.146 e. The van der Waals surface area contributed by atoms with Crippen LogP contribution in [0.2, 0.25) is 0 Å². The molecule has 2 N–H and O–H groups in total. The molecule has 1 aliphatic rings. The van der Waals surface area contributed by atoms with E-state index in [2.05, 4.69) is 5.32 Å². The van der Waals surface area contributed by atoms with Crippen molar-refractivity contribution >= 4 is 5.69 Å². The Bertz CT molecular complexity index is 582. The number of phenolic OH excluding ortho intramolecular Hbond substituents is 1. The molecule has 2 aromatic carbocycles. The molecule has 2 nitrogen and oxygen atoms in total. The Labute approximate surface area is 105 Å². The molecule has 1 atom stereocenters. The molecule has 0 aromatic heterocycles. The third kappa shape index (κ3) is 1.82. The van der Waals surface area contributed by atoms with Crippen molar-refractivity contribution < 1.29 is 9.50 Å². The van der Waals surface area contributed by atoms with E-state index in [1.54, 1.807) is 18.2 Å². The molecule has 0 aliphatic carbocycles. The monoisotopic (exact) mass is 243 g/mol. The van der Waals surface area contributed by atoms with Crippen LogP contribution in [-0.2, 0) is 0 Å². The molecule has 3 rings (SSSR count). The summed E-state index contributed by atoms with van der Waals surface area (Å²) in [5, 5.41) is 12.7. The summed E-state index contributed by atoms with van der Waals surface area (Å²) >= 11 is 0. The summed E-state index contributed by atoms with van der Waals surface area (Å²) in [6, 6.07) is 12.4. The van der Waals surface area contributed by atoms with Crippen molar-refractivity contribution in [1.29, 1.82) is 0 Å². The van der Waals surface area contributed by atoms with Crippen molar-refractivity contribution in [3.05, 3.63) is 59.4 Å². The van der Waals surface area contributed by atoms with Gasteiger partial charge in [-0.1, -0.05) is 24.3 Å². The van der Waals surface area contributed by atoms with E-state index in [0.29, 0.717) is 5.69 Å². The lowest BCUT2D eigenvalue weighted by Gasteiger charge is -2.27. The van der Waals surface area contributed by atoms with E-state index < -0.39 is 0 Å². The van der Waals surface area contributed by atoms with Crippen molar-refractivity contribution in [3.8, 4) is 5.75 Å². The van der Waals surface area contributed by atoms with Gasteiger partial charge in [0.05, 0.1) is 5.69 Å². The van der Waals surface area contributed by atoms with Crippen molar-refractivity contribution in [3.63, 3.8) is 0 Å². The fraction of sp³-hybridized carbons (Fsp3) is 0.200. The summed E-state index contributed by atoms with van der Waals surface area (Å²) in [5.41, 5.74) is 2.59. The number of rotatable bonds is 1. The van der Waals surface area contributed by atoms with Gasteiger partial charge in [0.25, 0.3) is 0 Å². The molecule has 0 saturated heterocycles. The van der Waals surface area contributed by atoms with Gasteiger partial charge < -0.3 is 10.4 Å². The van der Waals surface area contributed by atoms with Crippen LogP contribution in [0.15, 0.2) is 42.5 Å². The number of hydrogen-bond donors (Lipinski definition) is 2. The first-order valence-corrected chi connectivity index (χ1v) is 6.07. The van der Waals surface area contributed by atoms with Crippen LogP contribution >= 0.6 is 0 Å². The Morgan fingerprint density at radius 3 is 2.83 bits per heavy atom. The molecule has 1 aliphatic heterocycles. The number of anilines is 1. The second-order valence-corrected chi connectivity index (χ2v) is 4.57. The lowest BCUT2D eigenvalue weighted by atomic mass is 9.85. The molecule has 1 heterocycles. The van der Waals surface area contributed by atoms with Crippen LogP contribution in [0.5, 0.6) is 5.75 Å². The Balaban J connectivity index is 2.09. The average Bonchev–Trinajstić information content (AvgIpc) is 2.39. The smallest absolute Gasteiger partial charge is 0.146 e. The van der Waals surface area contributed by atoms with Crippen molar-refractivity contribution in [1.82, 2.24) is 0 Å². The van der Waals surface area contributed by atoms with Gasteiger partial charge in [-0.25, -0.2) is 4.39 Å². The summed E-state index contributed by atoms with van der Waals surface area (Å²) in [6.45, 7) is 0.744. The third-order valence-electron chi connectivity index (χ3n) is 3.43. The van der Waals surface area contributed by atoms with Crippen molar-refractivity contribution in [2.75, 3.05) is 11.9 Å². The number of phenols is 1. The summed E-state index contributed by atoms with van der Waals surface area (Å²) in [5.74, 6) is 0.186. The van der Waals surface area contributed by atoms with Crippen molar-refractivity contribution in [2.45, 2.75) is 12.3 Å². The molecular formula is C15H14FNO. The molecular weight excluding hydrogens is 229 g/mol. The van der Waals surface area contributed by atoms with Crippen LogP contribution in [-0.4, -0.2) is 11.7 Å². The molecule has 0 saturated carbocycles. The predicted molar refractivity (Wildman–Crippen MR) is 69.5 cm³/mol. The highest BCUT2D eigenvalue weighted by Crippen LogP contribution is 2.38. The topological polar surface area (TPSA) is 32.3 Å². The fourth-order valence-electron chi connectivity index (χ4n) is 2.60. The number of halogens is 1. The van der Waals surface area contributed by atoms with Crippen LogP contribution in [0.25, 0.3) is 0 Å². The second-order valence-electron chi connectivity index (χ2n) is 4.57. The second kappa shape index (κ2) is 4.33. The quantitative estimate of drug-likeness (QED) is 0.803. The number of fused-ring (bicyclic) bond motifs is 1. The van der Waals surface area contributed by atoms with Gasteiger partial charge >= 0.3 is 0 Å². The van der Waals surface area contributed by atoms with Gasteiger partial charge in [-0.15, -0.1) is 0 Å². The van der Waals surface area contributed by atoms with Gasteiger partial charge in [0, 0.05) is 12.5 Å². The highest BCUT2D eigenvalue weighted by Gasteiger charge is 2.23. The minimum atomic E-state index is -0.211. The summed E-state index contributed by atoms with van der Waals surface area (Å²) in [6.07, 6.45) is 0.903. The molecule has 0 bridgehead atoms. The molecule has 0 fully saturated rings. The van der Waals surface area contributed by atoms with Crippen LogP contribution < -0.4 is 5.32 Å². The van der Waals surface area contributed by atoms with Gasteiger partial charge in [-0.2, -0.15) is 0 Å². The van der Waals surface area contributed by atoms with Crippen LogP contribution in [0.1, 0.15) is 23.5 Å². The first kappa shape index (κ1) is 11.1. The van der Waals surface area contributed by atoms with E-state index >= 15 is 0 Å². The zero-order chi connectivity index (χ0) is 12.5. The molecule has 3 heteroatoms. The fourth-order valence-corrected chi connectivity index (χ4v) is 2.60. The SMILES string of the molecule is Oc1cccc(C2CCNc3c(F)cccc32)c1. The zero-order valence-electron chi connectivity index (χ0n) is 9.86. The minimum Gasteiger partial charge on any atom is -0.508 e. The van der Waals surface area contributed by atoms with Gasteiger partial charge in [-0.05, 0) is 35.7 Å². The molecule has 92 valence electrons. The molecule has 0 radical (unpaired) electrons. The van der Waals surface area contributed by atoms with E-state index in [4.69, 9.17) is 0 Å². The number of aromatic hydroxyl groups is 1. The van der Waals surface area contributed by atoms with Gasteiger partial charge in [0.15, 0.2) is 0 Å². The van der Waals surface area contributed by atoms with Gasteiger partial charge in [-0.3, -0.25) is 0 Å². The third-order valence-corrected chi connectivity index (χ3v) is 3.43. The average molecular weight is 243 g/mol. The van der Waals surface area contributed by atoms with Crippen LogP contribution in [0.4, 0.5) is 10.1 Å². The summed E-state index contributed by atoms with van der Waals surface area (Å²) in [7, 11) is 0. The van der Waals surface area contributed by atoms with E-state index in [-0.39, 0.29) is 17.5 Å². The van der Waals surface area contributed by atoms with Gasteiger partial charge in [0.2, 0.25) is 0 Å². The van der Waals surface area contributed by atoms with E-state index in [0.717, 1.165) is 24.1 Å². The Morgan fingerprint density at radius 1 is 1.17 bits per heavy atom. The number of nitrogens with one attached hydrogen (secondary N) is 1. The molecule has 18 heavy (non-hydrogen) atoms. The highest BCUT2D eigenvalue weighted by molar-refractivity contribution is 5.58. The van der Waals surface area contributed by atoms with Gasteiger partial charge in [0.1, 0.15) is 11.6 Å². The summed E-state index contributed by atoms with van der Waals surface area (Å²) in [4.78, 5) is 0. The maximum atomic E-state index is 13.7. The van der Waals surface area contributed by atoms with Crippen molar-refractivity contribution in [2.24, 2.45) is 0 Å². The lowest BCUT2D eigenvalue weighted by molar-refractivity contribution is 0.474. The first-order valence-electron chi connectivity index (χ1n) is 6.07. The minimum absolute atomic E-state index is 0.143. The number of benzene rings is 2. The first-order chi connectivity index (χ1) is 8.75. The highest BCUT2D eigenvalue weighted by atomic mass is 19.1. The zero-order valence-corrected chi connectivity index (χ0v) is 9.86. The Hall–Kier alpha value is -2.03. The Morgan fingerprint density at radius 2 is 2.00 bits per heavy atom. The largest absolute Gasteiger partial charge is 0.508 e. The van der Waals surface area contributed by atoms with Crippen LogP contribution in [0, 0.1) is 5.82 Å². The number of hydrogen-bond acceptors (Lipinski definition) is 2. The summed E-state index contributed by atoms with van der Waals surface area (Å²) < 4.78 is 13.7. The van der Waals surface area contributed by atoms with Crippen LogP contribution in [0.3, 0.4) is 0 Å². The standard InChI is InChI=1S/C15H14FNO/c16-14-6-2-5-13-12(7-8-17-15(13)14)10-3-1-4-11(18)9-10/h1-6,9,12,17-18H,7-8H2. The number of para-hydroxylation sites is 1. The Kier molecular flexibility index (Phi) is 2.67. The maximum absolute atomic E-state index is 13.7. The van der Waals surface area contributed by atoms with E-state index in [1.165, 1.54) is 6.07 Å². The molecule has 1 unspecified atom stereocenters. The normalized spacial score (nSPS) is 17.9. The molecule has 0 amide bonds. The van der Waals surface area contributed by atoms with E-state index in [9.17, 15) is 9.50 Å². The lowest BCUT2D eigenvalue weighted by Crippen LogP contribution is -2.18. The van der Waals surface area contributed by atoms with E-state index in [1.807, 2.05) is 18.2 Å². The predicted octanol–water partition coefficient (Wildman–Crippen LogP) is 3.48. The molecule has 0 spiro atoms.